The number of rotatable bonds is 4. The van der Waals surface area contributed by atoms with E-state index >= 15 is 0 Å². The Morgan fingerprint density at radius 1 is 1.32 bits per heavy atom. The van der Waals surface area contributed by atoms with Crippen LogP contribution in [0.5, 0.6) is 11.6 Å². The number of aromatic nitrogens is 1. The maximum absolute atomic E-state index is 13.1. The molecule has 0 unspecified atom stereocenters. The quantitative estimate of drug-likeness (QED) is 0.929. The minimum absolute atomic E-state index is 0.0168. The second-order valence-electron chi connectivity index (χ2n) is 4.04. The van der Waals surface area contributed by atoms with Crippen LogP contribution in [0.1, 0.15) is 18.2 Å². The molecular weight excluding hydrogens is 267 g/mol. The maximum Gasteiger partial charge on any atom is 0.219 e. The van der Waals surface area contributed by atoms with Crippen LogP contribution >= 0.6 is 11.6 Å². The minimum atomic E-state index is -0.480. The Labute approximate surface area is 116 Å². The third-order valence-electron chi connectivity index (χ3n) is 2.63. The lowest BCUT2D eigenvalue weighted by Gasteiger charge is -2.09. The van der Waals surface area contributed by atoms with Gasteiger partial charge in [0.25, 0.3) is 0 Å². The number of hydrogen-bond donors (Lipinski definition) is 1. The molecule has 2 aromatic rings. The maximum atomic E-state index is 13.1. The zero-order valence-corrected chi connectivity index (χ0v) is 11.2. The predicted octanol–water partition coefficient (Wildman–Crippen LogP) is 3.69. The van der Waals surface area contributed by atoms with E-state index in [9.17, 15) is 4.39 Å². The number of benzene rings is 1. The molecule has 2 N–H and O–H groups in total. The largest absolute Gasteiger partial charge is 0.439 e. The molecule has 0 aliphatic rings. The highest BCUT2D eigenvalue weighted by atomic mass is 35.5. The molecule has 0 aliphatic carbocycles. The molecule has 0 radical (unpaired) electrons. The van der Waals surface area contributed by atoms with Gasteiger partial charge in [0.05, 0.1) is 5.02 Å². The van der Waals surface area contributed by atoms with Crippen molar-refractivity contribution in [1.29, 1.82) is 0 Å². The summed E-state index contributed by atoms with van der Waals surface area (Å²) in [7, 11) is 0. The van der Waals surface area contributed by atoms with Crippen molar-refractivity contribution in [1.82, 2.24) is 4.98 Å². The molecule has 1 aromatic heterocycles. The summed E-state index contributed by atoms with van der Waals surface area (Å²) in [6, 6.07) is 7.87. The van der Waals surface area contributed by atoms with E-state index in [2.05, 4.69) is 4.98 Å². The summed E-state index contributed by atoms with van der Waals surface area (Å²) in [6.07, 6.45) is 0.786. The summed E-state index contributed by atoms with van der Waals surface area (Å²) in [4.78, 5) is 4.33. The minimum Gasteiger partial charge on any atom is -0.439 e. The van der Waals surface area contributed by atoms with E-state index in [0.29, 0.717) is 18.2 Å². The van der Waals surface area contributed by atoms with Crippen molar-refractivity contribution in [3.8, 4) is 11.6 Å². The summed E-state index contributed by atoms with van der Waals surface area (Å²) in [5, 5.41) is 0.0168. The number of nitrogens with zero attached hydrogens (tertiary/aromatic N) is 1. The summed E-state index contributed by atoms with van der Waals surface area (Å²) in [5.74, 6) is 0.393. The molecule has 0 fully saturated rings. The molecule has 100 valence electrons. The zero-order valence-electron chi connectivity index (χ0n) is 10.5. The molecule has 1 heterocycles. The molecule has 0 atom stereocenters. The highest BCUT2D eigenvalue weighted by Crippen LogP contribution is 2.25. The fourth-order valence-electron chi connectivity index (χ4n) is 1.63. The van der Waals surface area contributed by atoms with Crippen LogP contribution in [-0.2, 0) is 13.0 Å². The van der Waals surface area contributed by atoms with Crippen LogP contribution in [0, 0.1) is 5.82 Å². The van der Waals surface area contributed by atoms with E-state index < -0.39 is 5.82 Å². The molecule has 5 heteroatoms. The Morgan fingerprint density at radius 3 is 2.74 bits per heavy atom. The normalized spacial score (nSPS) is 10.5. The molecule has 2 rings (SSSR count). The molecule has 0 saturated carbocycles. The van der Waals surface area contributed by atoms with Gasteiger partial charge in [-0.05, 0) is 30.2 Å². The lowest BCUT2D eigenvalue weighted by Crippen LogP contribution is -2.00. The van der Waals surface area contributed by atoms with Gasteiger partial charge in [0.2, 0.25) is 5.88 Å². The van der Waals surface area contributed by atoms with Crippen LogP contribution in [-0.4, -0.2) is 4.98 Å². The Hall–Kier alpha value is -1.65. The van der Waals surface area contributed by atoms with Crippen LogP contribution in [0.25, 0.3) is 0 Å². The van der Waals surface area contributed by atoms with E-state index in [1.165, 1.54) is 18.2 Å². The molecule has 3 nitrogen and oxygen atoms in total. The average molecular weight is 281 g/mol. The molecule has 0 spiro atoms. The van der Waals surface area contributed by atoms with Crippen LogP contribution in [0.15, 0.2) is 30.3 Å². The first-order valence-corrected chi connectivity index (χ1v) is 6.33. The van der Waals surface area contributed by atoms with E-state index in [1.54, 1.807) is 6.07 Å². The number of aryl methyl sites for hydroxylation is 1. The van der Waals surface area contributed by atoms with Gasteiger partial charge >= 0.3 is 0 Å². The van der Waals surface area contributed by atoms with E-state index in [0.717, 1.165) is 17.7 Å². The van der Waals surface area contributed by atoms with Gasteiger partial charge in [-0.25, -0.2) is 9.37 Å². The van der Waals surface area contributed by atoms with Crippen molar-refractivity contribution in [2.24, 2.45) is 5.73 Å². The van der Waals surface area contributed by atoms with Gasteiger partial charge < -0.3 is 10.5 Å². The van der Waals surface area contributed by atoms with Crippen LogP contribution < -0.4 is 10.5 Å². The summed E-state index contributed by atoms with van der Waals surface area (Å²) >= 11 is 5.70. The smallest absolute Gasteiger partial charge is 0.219 e. The summed E-state index contributed by atoms with van der Waals surface area (Å²) in [5.41, 5.74) is 7.46. The molecule has 0 amide bonds. The molecule has 0 aliphatic heterocycles. The Morgan fingerprint density at radius 2 is 2.11 bits per heavy atom. The van der Waals surface area contributed by atoms with Crippen molar-refractivity contribution < 1.29 is 9.13 Å². The first-order valence-electron chi connectivity index (χ1n) is 5.95. The molecule has 0 saturated heterocycles. The van der Waals surface area contributed by atoms with Crippen LogP contribution in [0.4, 0.5) is 4.39 Å². The first kappa shape index (κ1) is 13.8. The van der Waals surface area contributed by atoms with Gasteiger partial charge in [0, 0.05) is 24.4 Å². The summed E-state index contributed by atoms with van der Waals surface area (Å²) < 4.78 is 18.6. The second kappa shape index (κ2) is 5.99. The van der Waals surface area contributed by atoms with Crippen molar-refractivity contribution >= 4 is 11.6 Å². The Kier molecular flexibility index (Phi) is 4.35. The van der Waals surface area contributed by atoms with Crippen LogP contribution in [0.2, 0.25) is 5.02 Å². The van der Waals surface area contributed by atoms with Gasteiger partial charge in [0.1, 0.15) is 11.6 Å². The first-order chi connectivity index (χ1) is 9.12. The lowest BCUT2D eigenvalue weighted by molar-refractivity contribution is 0.458. The SMILES string of the molecule is CCc1cc(CN)cc(Oc2ccc(F)c(Cl)c2)n1. The van der Waals surface area contributed by atoms with Gasteiger partial charge in [0.15, 0.2) is 0 Å². The average Bonchev–Trinajstić information content (AvgIpc) is 2.42. The molecule has 1 aromatic carbocycles. The van der Waals surface area contributed by atoms with Gasteiger partial charge in [-0.2, -0.15) is 0 Å². The standard InChI is InChI=1S/C14H14ClFN2O/c1-2-10-5-9(8-17)6-14(18-10)19-11-3-4-13(16)12(15)7-11/h3-7H,2,8,17H2,1H3. The van der Waals surface area contributed by atoms with E-state index in [1.807, 2.05) is 13.0 Å². The third-order valence-corrected chi connectivity index (χ3v) is 2.92. The molecule has 0 bridgehead atoms. The number of nitrogens with two attached hydrogens (primary N) is 1. The fourth-order valence-corrected chi connectivity index (χ4v) is 1.80. The number of halogens is 2. The predicted molar refractivity (Wildman–Crippen MR) is 73.0 cm³/mol. The van der Waals surface area contributed by atoms with Gasteiger partial charge in [-0.1, -0.05) is 18.5 Å². The molecule has 19 heavy (non-hydrogen) atoms. The number of hydrogen-bond acceptors (Lipinski definition) is 3. The topological polar surface area (TPSA) is 48.1 Å². The van der Waals surface area contributed by atoms with Gasteiger partial charge in [-0.3, -0.25) is 0 Å². The van der Waals surface area contributed by atoms with Gasteiger partial charge in [-0.15, -0.1) is 0 Å². The Bertz CT molecular complexity index is 567. The highest BCUT2D eigenvalue weighted by Gasteiger charge is 2.06. The second-order valence-corrected chi connectivity index (χ2v) is 4.45. The third kappa shape index (κ3) is 3.43. The van der Waals surface area contributed by atoms with E-state index in [-0.39, 0.29) is 5.02 Å². The van der Waals surface area contributed by atoms with Crippen LogP contribution in [0.3, 0.4) is 0 Å². The summed E-state index contributed by atoms with van der Waals surface area (Å²) in [6.45, 7) is 2.41. The van der Waals surface area contributed by atoms with Crippen molar-refractivity contribution in [3.05, 3.63) is 52.4 Å². The van der Waals surface area contributed by atoms with E-state index in [4.69, 9.17) is 22.1 Å². The van der Waals surface area contributed by atoms with Crippen molar-refractivity contribution in [2.75, 3.05) is 0 Å². The van der Waals surface area contributed by atoms with Crippen molar-refractivity contribution in [2.45, 2.75) is 19.9 Å². The number of ether oxygens (including phenoxy) is 1. The fraction of sp³-hybridized carbons (Fsp3) is 0.214. The lowest BCUT2D eigenvalue weighted by atomic mass is 10.2. The zero-order chi connectivity index (χ0) is 13.8. The molecular formula is C14H14ClFN2O. The number of pyridine rings is 1. The highest BCUT2D eigenvalue weighted by molar-refractivity contribution is 6.30. The van der Waals surface area contributed by atoms with Crippen molar-refractivity contribution in [3.63, 3.8) is 0 Å². The Balaban J connectivity index is 2.29. The monoisotopic (exact) mass is 280 g/mol.